The predicted molar refractivity (Wildman–Crippen MR) is 76.0 cm³/mol. The minimum Gasteiger partial charge on any atom is -0.0649 e. The van der Waals surface area contributed by atoms with Gasteiger partial charge in [-0.1, -0.05) is 47.5 Å². The van der Waals surface area contributed by atoms with Crippen LogP contribution < -0.4 is 0 Å². The van der Waals surface area contributed by atoms with Crippen LogP contribution >= 0.6 is 0 Å². The first-order valence-corrected chi connectivity index (χ1v) is 7.98. The lowest BCUT2D eigenvalue weighted by Gasteiger charge is -2.41. The Hall–Kier alpha value is 0. The van der Waals surface area contributed by atoms with Gasteiger partial charge in [0, 0.05) is 0 Å². The highest BCUT2D eigenvalue weighted by atomic mass is 14.5. The third kappa shape index (κ3) is 2.42. The van der Waals surface area contributed by atoms with Crippen molar-refractivity contribution in [2.75, 3.05) is 0 Å². The first-order chi connectivity index (χ1) is 7.98. The van der Waals surface area contributed by atoms with E-state index in [1.807, 2.05) is 0 Å². The topological polar surface area (TPSA) is 0 Å². The average molecular weight is 236 g/mol. The summed E-state index contributed by atoms with van der Waals surface area (Å²) in [7, 11) is 0. The van der Waals surface area contributed by atoms with Gasteiger partial charge in [-0.3, -0.25) is 0 Å². The van der Waals surface area contributed by atoms with Gasteiger partial charge >= 0.3 is 0 Å². The van der Waals surface area contributed by atoms with Crippen molar-refractivity contribution in [3.8, 4) is 0 Å². The maximum absolute atomic E-state index is 2.55. The van der Waals surface area contributed by atoms with Crippen molar-refractivity contribution < 1.29 is 0 Å². The summed E-state index contributed by atoms with van der Waals surface area (Å²) in [5.74, 6) is 4.93. The highest BCUT2D eigenvalue weighted by Gasteiger charge is 2.43. The van der Waals surface area contributed by atoms with Gasteiger partial charge < -0.3 is 0 Å². The molecule has 0 saturated heterocycles. The molecular formula is C17H32. The van der Waals surface area contributed by atoms with Crippen molar-refractivity contribution in [2.24, 2.45) is 35.0 Å². The van der Waals surface area contributed by atoms with Gasteiger partial charge in [0.15, 0.2) is 0 Å². The minimum absolute atomic E-state index is 0.611. The summed E-state index contributed by atoms with van der Waals surface area (Å²) >= 11 is 0. The van der Waals surface area contributed by atoms with Crippen molar-refractivity contribution in [1.29, 1.82) is 0 Å². The molecule has 2 fully saturated rings. The van der Waals surface area contributed by atoms with Gasteiger partial charge in [-0.05, 0) is 60.7 Å². The molecule has 0 aliphatic heterocycles. The molecule has 6 unspecified atom stereocenters. The molecule has 0 radical (unpaired) electrons. The second-order valence-corrected chi connectivity index (χ2v) is 7.54. The van der Waals surface area contributed by atoms with Crippen LogP contribution in [-0.4, -0.2) is 0 Å². The Bertz CT molecular complexity index is 257. The number of hydrogen-bond acceptors (Lipinski definition) is 0. The molecular weight excluding hydrogens is 204 g/mol. The quantitative estimate of drug-likeness (QED) is 0.562. The van der Waals surface area contributed by atoms with Crippen LogP contribution in [0.5, 0.6) is 0 Å². The van der Waals surface area contributed by atoms with Crippen molar-refractivity contribution in [3.05, 3.63) is 0 Å². The lowest BCUT2D eigenvalue weighted by molar-refractivity contribution is 0.0859. The highest BCUT2D eigenvalue weighted by Crippen LogP contribution is 2.52. The van der Waals surface area contributed by atoms with E-state index in [0.717, 1.165) is 29.6 Å². The smallest absolute Gasteiger partial charge is 0.0300 e. The van der Waals surface area contributed by atoms with Gasteiger partial charge in [-0.15, -0.1) is 0 Å². The molecule has 0 aromatic heterocycles. The number of hydrogen-bond donors (Lipinski definition) is 0. The third-order valence-electron chi connectivity index (χ3n) is 6.76. The lowest BCUT2D eigenvalue weighted by Crippen LogP contribution is -2.33. The van der Waals surface area contributed by atoms with Crippen LogP contribution in [-0.2, 0) is 0 Å². The Kier molecular flexibility index (Phi) is 3.90. The minimum atomic E-state index is 0.611. The van der Waals surface area contributed by atoms with Crippen molar-refractivity contribution in [1.82, 2.24) is 0 Å². The molecule has 0 spiro atoms. The Morgan fingerprint density at radius 2 is 1.76 bits per heavy atom. The van der Waals surface area contributed by atoms with Gasteiger partial charge in [-0.25, -0.2) is 0 Å². The van der Waals surface area contributed by atoms with Crippen molar-refractivity contribution >= 4 is 0 Å². The summed E-state index contributed by atoms with van der Waals surface area (Å²) < 4.78 is 0. The van der Waals surface area contributed by atoms with Crippen LogP contribution in [0.2, 0.25) is 0 Å². The Morgan fingerprint density at radius 3 is 2.41 bits per heavy atom. The average Bonchev–Trinajstić information content (AvgIpc) is 2.41. The van der Waals surface area contributed by atoms with E-state index in [1.165, 1.54) is 38.5 Å². The Labute approximate surface area is 109 Å². The second-order valence-electron chi connectivity index (χ2n) is 7.54. The van der Waals surface area contributed by atoms with Gasteiger partial charge in [0.05, 0.1) is 0 Å². The molecule has 0 bridgehead atoms. The third-order valence-corrected chi connectivity index (χ3v) is 6.76. The van der Waals surface area contributed by atoms with Crippen LogP contribution in [0.1, 0.15) is 73.1 Å². The molecule has 6 atom stereocenters. The van der Waals surface area contributed by atoms with E-state index < -0.39 is 0 Å². The first-order valence-electron chi connectivity index (χ1n) is 7.98. The van der Waals surface area contributed by atoms with Crippen molar-refractivity contribution in [2.45, 2.75) is 73.1 Å². The molecule has 2 aliphatic rings. The van der Waals surface area contributed by atoms with Crippen LogP contribution in [0.25, 0.3) is 0 Å². The molecule has 0 aromatic rings. The van der Waals surface area contributed by atoms with E-state index in [4.69, 9.17) is 0 Å². The standard InChI is InChI=1S/C17H32/c1-6-17(5)10-9-15-11-12(2)7-8-16(15)13(3)14(17)4/h12-16H,6-11H2,1-5H3. The summed E-state index contributed by atoms with van der Waals surface area (Å²) in [4.78, 5) is 0. The lowest BCUT2D eigenvalue weighted by atomic mass is 9.64. The molecule has 2 saturated carbocycles. The van der Waals surface area contributed by atoms with E-state index in [2.05, 4.69) is 34.6 Å². The molecule has 100 valence electrons. The summed E-state index contributed by atoms with van der Waals surface area (Å²) in [6, 6.07) is 0. The highest BCUT2D eigenvalue weighted by molar-refractivity contribution is 4.93. The summed E-state index contributed by atoms with van der Waals surface area (Å²) in [6.07, 6.45) is 8.87. The van der Waals surface area contributed by atoms with Crippen LogP contribution in [0.3, 0.4) is 0 Å². The van der Waals surface area contributed by atoms with E-state index in [9.17, 15) is 0 Å². The molecule has 0 amide bonds. The fraction of sp³-hybridized carbons (Fsp3) is 1.00. The number of fused-ring (bicyclic) bond motifs is 1. The summed E-state index contributed by atoms with van der Waals surface area (Å²) in [5, 5.41) is 0. The zero-order valence-corrected chi connectivity index (χ0v) is 12.6. The monoisotopic (exact) mass is 236 g/mol. The number of rotatable bonds is 1. The van der Waals surface area contributed by atoms with E-state index in [1.54, 1.807) is 0 Å². The van der Waals surface area contributed by atoms with Crippen molar-refractivity contribution in [3.63, 3.8) is 0 Å². The molecule has 0 heterocycles. The van der Waals surface area contributed by atoms with Gasteiger partial charge in [-0.2, -0.15) is 0 Å². The fourth-order valence-electron chi connectivity index (χ4n) is 4.79. The van der Waals surface area contributed by atoms with Gasteiger partial charge in [0.1, 0.15) is 0 Å². The summed E-state index contributed by atoms with van der Waals surface area (Å²) in [5.41, 5.74) is 0.611. The normalized spacial score (nSPS) is 51.7. The van der Waals surface area contributed by atoms with Crippen LogP contribution in [0.4, 0.5) is 0 Å². The zero-order valence-electron chi connectivity index (χ0n) is 12.6. The van der Waals surface area contributed by atoms with Crippen LogP contribution in [0, 0.1) is 35.0 Å². The Morgan fingerprint density at radius 1 is 1.06 bits per heavy atom. The largest absolute Gasteiger partial charge is 0.0649 e. The van der Waals surface area contributed by atoms with Gasteiger partial charge in [0.2, 0.25) is 0 Å². The maximum atomic E-state index is 2.55. The molecule has 17 heavy (non-hydrogen) atoms. The predicted octanol–water partition coefficient (Wildman–Crippen LogP) is 5.52. The second kappa shape index (κ2) is 4.94. The van der Waals surface area contributed by atoms with Gasteiger partial charge in [0.25, 0.3) is 0 Å². The van der Waals surface area contributed by atoms with E-state index in [-0.39, 0.29) is 0 Å². The molecule has 0 aromatic carbocycles. The first kappa shape index (κ1) is 13.4. The molecule has 0 nitrogen and oxygen atoms in total. The van der Waals surface area contributed by atoms with E-state index >= 15 is 0 Å². The Balaban J connectivity index is 2.18. The molecule has 0 heteroatoms. The molecule has 0 N–H and O–H groups in total. The van der Waals surface area contributed by atoms with Crippen LogP contribution in [0.15, 0.2) is 0 Å². The SMILES string of the molecule is CCC1(C)CCC2CC(C)CCC2C(C)C1C. The molecule has 2 rings (SSSR count). The molecule has 2 aliphatic carbocycles. The van der Waals surface area contributed by atoms with E-state index in [0.29, 0.717) is 5.41 Å². The zero-order chi connectivity index (χ0) is 12.6. The maximum Gasteiger partial charge on any atom is -0.0300 e. The fourth-order valence-corrected chi connectivity index (χ4v) is 4.79. The summed E-state index contributed by atoms with van der Waals surface area (Å²) in [6.45, 7) is 12.5.